The van der Waals surface area contributed by atoms with Gasteiger partial charge in [0.1, 0.15) is 11.5 Å². The fraction of sp³-hybridized carbons (Fsp3) is 0.536. The van der Waals surface area contributed by atoms with E-state index in [2.05, 4.69) is 37.4 Å². The molecule has 0 atom stereocenters. The highest BCUT2D eigenvalue weighted by atomic mass is 16.7. The first-order valence-electron chi connectivity index (χ1n) is 12.5. The molecule has 6 heteroatoms. The van der Waals surface area contributed by atoms with Gasteiger partial charge in [0.15, 0.2) is 6.29 Å². The van der Waals surface area contributed by atoms with Crippen molar-refractivity contribution in [3.63, 3.8) is 0 Å². The van der Waals surface area contributed by atoms with Crippen molar-refractivity contribution in [1.29, 1.82) is 0 Å². The van der Waals surface area contributed by atoms with Crippen LogP contribution in [0.15, 0.2) is 42.5 Å². The summed E-state index contributed by atoms with van der Waals surface area (Å²) in [5, 5.41) is 2.98. The van der Waals surface area contributed by atoms with Gasteiger partial charge in [-0.25, -0.2) is 4.79 Å². The van der Waals surface area contributed by atoms with Gasteiger partial charge in [-0.05, 0) is 67.1 Å². The highest BCUT2D eigenvalue weighted by Gasteiger charge is 2.16. The molecule has 2 aromatic rings. The zero-order chi connectivity index (χ0) is 24.8. The van der Waals surface area contributed by atoms with Gasteiger partial charge in [-0.3, -0.25) is 0 Å². The van der Waals surface area contributed by atoms with Crippen molar-refractivity contribution in [3.8, 4) is 11.5 Å². The number of hydrogen-bond acceptors (Lipinski definition) is 4. The first kappa shape index (κ1) is 27.7. The lowest BCUT2D eigenvalue weighted by Gasteiger charge is -2.23. The number of anilines is 1. The number of urea groups is 1. The van der Waals surface area contributed by atoms with Gasteiger partial charge in [-0.1, -0.05) is 51.7 Å². The third-order valence-electron chi connectivity index (χ3n) is 5.85. The van der Waals surface area contributed by atoms with Crippen molar-refractivity contribution in [2.24, 2.45) is 0 Å². The molecule has 2 amide bonds. The summed E-state index contributed by atoms with van der Waals surface area (Å²) in [5.41, 5.74) is 3.14. The molecule has 0 heterocycles. The Morgan fingerprint density at radius 1 is 0.941 bits per heavy atom. The molecule has 0 aliphatic heterocycles. The maximum atomic E-state index is 12.6. The third-order valence-corrected chi connectivity index (χ3v) is 5.85. The second kappa shape index (κ2) is 15.4. The summed E-state index contributed by atoms with van der Waals surface area (Å²) in [6.07, 6.45) is 8.54. The van der Waals surface area contributed by atoms with E-state index in [0.29, 0.717) is 6.54 Å². The van der Waals surface area contributed by atoms with Gasteiger partial charge in [0.05, 0.1) is 6.54 Å². The van der Waals surface area contributed by atoms with Gasteiger partial charge in [-0.2, -0.15) is 0 Å². The van der Waals surface area contributed by atoms with Crippen LogP contribution in [-0.2, 0) is 22.3 Å². The Morgan fingerprint density at radius 2 is 1.65 bits per heavy atom. The lowest BCUT2D eigenvalue weighted by atomic mass is 10.0. The predicted molar refractivity (Wildman–Crippen MR) is 139 cm³/mol. The second-order valence-electron chi connectivity index (χ2n) is 8.70. The minimum Gasteiger partial charge on any atom is -0.457 e. The van der Waals surface area contributed by atoms with Gasteiger partial charge >= 0.3 is 6.03 Å². The van der Waals surface area contributed by atoms with Crippen molar-refractivity contribution in [1.82, 2.24) is 4.90 Å². The molecule has 0 spiro atoms. The number of nitrogens with zero attached hydrogens (tertiary/aromatic N) is 1. The normalized spacial score (nSPS) is 11.0. The Morgan fingerprint density at radius 3 is 2.32 bits per heavy atom. The molecule has 6 nitrogen and oxygen atoms in total. The van der Waals surface area contributed by atoms with E-state index < -0.39 is 6.29 Å². The average molecular weight is 471 g/mol. The molecule has 0 saturated carbocycles. The SMILES string of the molecule is CCCCCc1cccc(Oc2ccc(NC(=O)N(C)CC(OC)OC)cc2CCCCC)c1. The summed E-state index contributed by atoms with van der Waals surface area (Å²) in [5.74, 6) is 1.69. The van der Waals surface area contributed by atoms with Gasteiger partial charge in [0.2, 0.25) is 0 Å². The Bertz CT molecular complexity index is 867. The molecular formula is C28H42N2O4. The molecule has 0 aliphatic rings. The third kappa shape index (κ3) is 9.35. The Kier molecular flexibility index (Phi) is 12.5. The van der Waals surface area contributed by atoms with Crippen molar-refractivity contribution in [2.45, 2.75) is 71.5 Å². The summed E-state index contributed by atoms with van der Waals surface area (Å²) >= 11 is 0. The number of amides is 2. The molecule has 2 rings (SSSR count). The van der Waals surface area contributed by atoms with E-state index in [4.69, 9.17) is 14.2 Å². The predicted octanol–water partition coefficient (Wildman–Crippen LogP) is 7.03. The van der Waals surface area contributed by atoms with Gasteiger partial charge in [0, 0.05) is 27.0 Å². The fourth-order valence-electron chi connectivity index (χ4n) is 3.76. The molecule has 1 N–H and O–H groups in total. The molecule has 2 aromatic carbocycles. The van der Waals surface area contributed by atoms with E-state index in [0.717, 1.165) is 54.9 Å². The van der Waals surface area contributed by atoms with Crippen LogP contribution >= 0.6 is 0 Å². The van der Waals surface area contributed by atoms with E-state index >= 15 is 0 Å². The lowest BCUT2D eigenvalue weighted by Crippen LogP contribution is -2.38. The monoisotopic (exact) mass is 470 g/mol. The number of methoxy groups -OCH3 is 2. The van der Waals surface area contributed by atoms with E-state index in [-0.39, 0.29) is 6.03 Å². The van der Waals surface area contributed by atoms with E-state index in [1.54, 1.807) is 26.2 Å². The van der Waals surface area contributed by atoms with E-state index in [1.807, 2.05) is 24.3 Å². The first-order chi connectivity index (χ1) is 16.5. The molecule has 34 heavy (non-hydrogen) atoms. The smallest absolute Gasteiger partial charge is 0.321 e. The highest BCUT2D eigenvalue weighted by Crippen LogP contribution is 2.30. The van der Waals surface area contributed by atoms with Gasteiger partial charge < -0.3 is 24.4 Å². The van der Waals surface area contributed by atoms with Crippen LogP contribution < -0.4 is 10.1 Å². The summed E-state index contributed by atoms with van der Waals surface area (Å²) in [7, 11) is 4.83. The standard InChI is InChI=1S/C28H42N2O4/c1-6-8-10-13-22-14-12-16-25(19-22)34-26-18-17-24(20-23(26)15-11-9-7-2)29-28(31)30(3)21-27(32-4)33-5/h12,14,16-20,27H,6-11,13,15,21H2,1-5H3,(H,29,31). The largest absolute Gasteiger partial charge is 0.457 e. The van der Waals surface area contributed by atoms with Crippen LogP contribution in [0, 0.1) is 0 Å². The Hall–Kier alpha value is -2.57. The quantitative estimate of drug-likeness (QED) is 0.224. The first-order valence-corrected chi connectivity index (χ1v) is 12.5. The molecule has 0 saturated heterocycles. The van der Waals surface area contributed by atoms with Crippen LogP contribution in [0.1, 0.15) is 63.5 Å². The molecule has 0 radical (unpaired) electrons. The van der Waals surface area contributed by atoms with Crippen LogP contribution in [0.5, 0.6) is 11.5 Å². The number of rotatable bonds is 15. The number of carbonyl (C=O) groups excluding carboxylic acids is 1. The number of unbranched alkanes of at least 4 members (excludes halogenated alkanes) is 4. The maximum absolute atomic E-state index is 12.6. The van der Waals surface area contributed by atoms with Crippen LogP contribution in [0.2, 0.25) is 0 Å². The summed E-state index contributed by atoms with van der Waals surface area (Å²) in [6.45, 7) is 4.75. The summed E-state index contributed by atoms with van der Waals surface area (Å²) in [6, 6.07) is 14.0. The number of likely N-dealkylation sites (N-methyl/N-ethyl adjacent to an activating group) is 1. The molecular weight excluding hydrogens is 428 g/mol. The zero-order valence-corrected chi connectivity index (χ0v) is 21.6. The molecule has 0 fully saturated rings. The number of aryl methyl sites for hydroxylation is 2. The van der Waals surface area contributed by atoms with Crippen LogP contribution in [0.3, 0.4) is 0 Å². The number of carbonyl (C=O) groups is 1. The van der Waals surface area contributed by atoms with Crippen LogP contribution in [0.25, 0.3) is 0 Å². The summed E-state index contributed by atoms with van der Waals surface area (Å²) in [4.78, 5) is 14.2. The van der Waals surface area contributed by atoms with Crippen LogP contribution in [-0.4, -0.2) is 45.0 Å². The maximum Gasteiger partial charge on any atom is 0.321 e. The molecule has 0 aromatic heterocycles. The number of benzene rings is 2. The molecule has 0 bridgehead atoms. The minimum absolute atomic E-state index is 0.216. The van der Waals surface area contributed by atoms with Crippen LogP contribution in [0.4, 0.5) is 10.5 Å². The van der Waals surface area contributed by atoms with Gasteiger partial charge in [-0.15, -0.1) is 0 Å². The highest BCUT2D eigenvalue weighted by molar-refractivity contribution is 5.89. The zero-order valence-electron chi connectivity index (χ0n) is 21.6. The van der Waals surface area contributed by atoms with Gasteiger partial charge in [0.25, 0.3) is 0 Å². The summed E-state index contributed by atoms with van der Waals surface area (Å²) < 4.78 is 16.7. The average Bonchev–Trinajstić information content (AvgIpc) is 2.84. The Labute approximate surface area is 205 Å². The fourth-order valence-corrected chi connectivity index (χ4v) is 3.76. The topological polar surface area (TPSA) is 60.0 Å². The lowest BCUT2D eigenvalue weighted by molar-refractivity contribution is -0.108. The van der Waals surface area contributed by atoms with Crippen molar-refractivity contribution in [2.75, 3.05) is 33.1 Å². The molecule has 0 aliphatic carbocycles. The molecule has 188 valence electrons. The molecule has 0 unspecified atom stereocenters. The van der Waals surface area contributed by atoms with Crippen molar-refractivity contribution < 1.29 is 19.0 Å². The number of hydrogen-bond donors (Lipinski definition) is 1. The minimum atomic E-state index is -0.464. The number of ether oxygens (including phenoxy) is 3. The number of nitrogens with one attached hydrogen (secondary N) is 1. The van der Waals surface area contributed by atoms with E-state index in [1.165, 1.54) is 24.8 Å². The van der Waals surface area contributed by atoms with Crippen molar-refractivity contribution in [3.05, 3.63) is 53.6 Å². The van der Waals surface area contributed by atoms with Crippen molar-refractivity contribution >= 4 is 11.7 Å². The Balaban J connectivity index is 2.13. The second-order valence-corrected chi connectivity index (χ2v) is 8.70. The van der Waals surface area contributed by atoms with E-state index in [9.17, 15) is 4.79 Å².